The lowest BCUT2D eigenvalue weighted by molar-refractivity contribution is 0.0714. The van der Waals surface area contributed by atoms with Gasteiger partial charge in [-0.05, 0) is 72.2 Å². The molecule has 1 aliphatic rings. The van der Waals surface area contributed by atoms with Crippen molar-refractivity contribution in [3.05, 3.63) is 89.1 Å². The summed E-state index contributed by atoms with van der Waals surface area (Å²) >= 11 is 0. The number of aryl methyl sites for hydroxylation is 1. The molecule has 39 heavy (non-hydrogen) atoms. The van der Waals surface area contributed by atoms with E-state index in [-0.39, 0.29) is 42.5 Å². The molecular weight excluding hydrogens is 538 g/mol. The summed E-state index contributed by atoms with van der Waals surface area (Å²) in [5.41, 5.74) is 12.1. The summed E-state index contributed by atoms with van der Waals surface area (Å²) in [5, 5.41) is 0.943. The predicted octanol–water partition coefficient (Wildman–Crippen LogP) is 6.12. The number of benzene rings is 2. The fourth-order valence-corrected chi connectivity index (χ4v) is 5.44. The van der Waals surface area contributed by atoms with E-state index >= 15 is 0 Å². The van der Waals surface area contributed by atoms with Crippen LogP contribution in [0.1, 0.15) is 45.9 Å². The highest BCUT2D eigenvalue weighted by Crippen LogP contribution is 2.35. The number of hydrogen-bond acceptors (Lipinski definition) is 4. The number of piperidine rings is 1. The lowest BCUT2D eigenvalue weighted by Crippen LogP contribution is -2.38. The van der Waals surface area contributed by atoms with Gasteiger partial charge in [0.2, 0.25) is 0 Å². The molecule has 2 aromatic heterocycles. The molecule has 2 N–H and O–H groups in total. The van der Waals surface area contributed by atoms with Crippen molar-refractivity contribution in [3.8, 4) is 11.1 Å². The van der Waals surface area contributed by atoms with Crippen LogP contribution in [0.2, 0.25) is 0 Å². The van der Waals surface area contributed by atoms with E-state index in [4.69, 9.17) is 10.5 Å². The minimum absolute atomic E-state index is 0. The van der Waals surface area contributed by atoms with E-state index in [1.807, 2.05) is 42.3 Å². The molecule has 1 fully saturated rings. The zero-order valence-electron chi connectivity index (χ0n) is 22.2. The third kappa shape index (κ3) is 6.28. The van der Waals surface area contributed by atoms with Gasteiger partial charge >= 0.3 is 0 Å². The smallest absolute Gasteiger partial charge is 0.256 e. The van der Waals surface area contributed by atoms with Gasteiger partial charge in [0, 0.05) is 62.3 Å². The van der Waals surface area contributed by atoms with Crippen LogP contribution in [0.25, 0.3) is 22.0 Å². The summed E-state index contributed by atoms with van der Waals surface area (Å²) in [4.78, 5) is 20.2. The lowest BCUT2D eigenvalue weighted by Gasteiger charge is -2.32. The third-order valence-electron chi connectivity index (χ3n) is 7.40. The second-order valence-electron chi connectivity index (χ2n) is 9.74. The van der Waals surface area contributed by atoms with Crippen LogP contribution in [0.3, 0.4) is 0 Å². The van der Waals surface area contributed by atoms with Gasteiger partial charge in [-0.15, -0.1) is 24.8 Å². The van der Waals surface area contributed by atoms with E-state index in [1.165, 1.54) is 6.07 Å². The molecule has 0 unspecified atom stereocenters. The summed E-state index contributed by atoms with van der Waals surface area (Å²) in [6, 6.07) is 15.3. The largest absolute Gasteiger partial charge is 0.383 e. The van der Waals surface area contributed by atoms with E-state index in [1.54, 1.807) is 19.4 Å². The number of likely N-dealkylation sites (tertiary alicyclic amines) is 1. The maximum atomic E-state index is 14.6. The van der Waals surface area contributed by atoms with Gasteiger partial charge in [-0.2, -0.15) is 0 Å². The number of carbonyl (C=O) groups excluding carboxylic acids is 1. The molecule has 1 saturated heterocycles. The van der Waals surface area contributed by atoms with Crippen LogP contribution in [0, 0.1) is 12.7 Å². The van der Waals surface area contributed by atoms with Gasteiger partial charge in [-0.1, -0.05) is 24.3 Å². The monoisotopic (exact) mass is 572 g/mol. The fraction of sp³-hybridized carbons (Fsp3) is 0.333. The van der Waals surface area contributed by atoms with Crippen molar-refractivity contribution in [1.29, 1.82) is 0 Å². The van der Waals surface area contributed by atoms with E-state index in [9.17, 15) is 9.18 Å². The molecule has 6 nitrogen and oxygen atoms in total. The number of fused-ring (bicyclic) bond motifs is 1. The van der Waals surface area contributed by atoms with Crippen LogP contribution < -0.4 is 5.73 Å². The summed E-state index contributed by atoms with van der Waals surface area (Å²) in [7, 11) is 1.68. The Morgan fingerprint density at radius 1 is 1.13 bits per heavy atom. The van der Waals surface area contributed by atoms with E-state index < -0.39 is 0 Å². The predicted molar refractivity (Wildman–Crippen MR) is 158 cm³/mol. The number of nitrogens with zero attached hydrogens (tertiary/aromatic N) is 3. The summed E-state index contributed by atoms with van der Waals surface area (Å²) in [6.45, 7) is 4.72. The van der Waals surface area contributed by atoms with Gasteiger partial charge in [-0.3, -0.25) is 9.78 Å². The first kappa shape index (κ1) is 30.6. The molecule has 0 saturated carbocycles. The number of amides is 1. The quantitative estimate of drug-likeness (QED) is 0.289. The number of pyridine rings is 1. The summed E-state index contributed by atoms with van der Waals surface area (Å²) in [6.07, 6.45) is 5.20. The molecule has 3 heterocycles. The van der Waals surface area contributed by atoms with Gasteiger partial charge in [0.25, 0.3) is 5.91 Å². The average Bonchev–Trinajstić information content (AvgIpc) is 3.30. The first-order valence-electron chi connectivity index (χ1n) is 12.8. The minimum Gasteiger partial charge on any atom is -0.383 e. The Kier molecular flexibility index (Phi) is 10.5. The van der Waals surface area contributed by atoms with E-state index in [0.717, 1.165) is 46.1 Å². The van der Waals surface area contributed by atoms with Crippen LogP contribution in [-0.4, -0.2) is 47.2 Å². The molecule has 0 radical (unpaired) electrons. The van der Waals surface area contributed by atoms with Gasteiger partial charge < -0.3 is 19.9 Å². The van der Waals surface area contributed by atoms with Crippen LogP contribution in [0.5, 0.6) is 0 Å². The highest BCUT2D eigenvalue weighted by Gasteiger charge is 2.29. The molecule has 0 aliphatic carbocycles. The van der Waals surface area contributed by atoms with Crippen LogP contribution >= 0.6 is 24.8 Å². The molecule has 1 aliphatic heterocycles. The Hall–Kier alpha value is -2.97. The second kappa shape index (κ2) is 13.4. The molecule has 0 spiro atoms. The van der Waals surface area contributed by atoms with Crippen molar-refractivity contribution in [2.45, 2.75) is 38.8 Å². The topological polar surface area (TPSA) is 73.4 Å². The van der Waals surface area contributed by atoms with Gasteiger partial charge in [-0.25, -0.2) is 4.39 Å². The first-order valence-corrected chi connectivity index (χ1v) is 12.8. The number of carbonyl (C=O) groups is 1. The molecule has 0 bridgehead atoms. The molecule has 5 rings (SSSR count). The van der Waals surface area contributed by atoms with Crippen molar-refractivity contribution >= 4 is 41.6 Å². The molecule has 1 amide bonds. The van der Waals surface area contributed by atoms with Gasteiger partial charge in [0.05, 0.1) is 12.2 Å². The maximum Gasteiger partial charge on any atom is 0.256 e. The fourth-order valence-electron chi connectivity index (χ4n) is 5.44. The molecule has 4 aromatic rings. The standard InChI is InChI=1S/C30H33FN4O2.2ClH/c1-20-16-23(8-11-33-20)24-4-3-5-28-29(24)26(19-35(28)14-15-37-2)30(36)34-12-9-22(10-13-34)25-17-21(18-32)6-7-27(25)31;;/h3-8,11,16-17,19,22H,9-10,12-15,18,32H2,1-2H3;2*1H. The number of rotatable bonds is 7. The lowest BCUT2D eigenvalue weighted by atomic mass is 9.88. The van der Waals surface area contributed by atoms with Crippen molar-refractivity contribution in [3.63, 3.8) is 0 Å². The van der Waals surface area contributed by atoms with Crippen LogP contribution in [0.15, 0.2) is 60.9 Å². The van der Waals surface area contributed by atoms with E-state index in [0.29, 0.717) is 43.9 Å². The number of halogens is 3. The Morgan fingerprint density at radius 2 is 1.90 bits per heavy atom. The molecule has 9 heteroatoms. The minimum atomic E-state index is -0.194. The Balaban J connectivity index is 0.00000210. The van der Waals surface area contributed by atoms with Gasteiger partial charge in [0.15, 0.2) is 0 Å². The average molecular weight is 574 g/mol. The van der Waals surface area contributed by atoms with Gasteiger partial charge in [0.1, 0.15) is 5.82 Å². The van der Waals surface area contributed by atoms with Crippen molar-refractivity contribution in [2.75, 3.05) is 26.8 Å². The number of nitrogens with two attached hydrogens (primary N) is 1. The van der Waals surface area contributed by atoms with Crippen molar-refractivity contribution in [2.24, 2.45) is 5.73 Å². The molecule has 0 atom stereocenters. The highest BCUT2D eigenvalue weighted by molar-refractivity contribution is 6.12. The number of aromatic nitrogens is 2. The second-order valence-corrected chi connectivity index (χ2v) is 9.74. The Bertz CT molecular complexity index is 1430. The van der Waals surface area contributed by atoms with E-state index in [2.05, 4.69) is 21.7 Å². The molecule has 208 valence electrons. The van der Waals surface area contributed by atoms with Crippen molar-refractivity contribution < 1.29 is 13.9 Å². The summed E-state index contributed by atoms with van der Waals surface area (Å²) < 4.78 is 22.0. The molecule has 2 aromatic carbocycles. The highest BCUT2D eigenvalue weighted by atomic mass is 35.5. The number of hydrogen-bond donors (Lipinski definition) is 1. The SMILES string of the molecule is COCCn1cc(C(=O)N2CCC(c3cc(CN)ccc3F)CC2)c2c(-c3ccnc(C)c3)cccc21.Cl.Cl. The normalized spacial score (nSPS) is 13.7. The third-order valence-corrected chi connectivity index (χ3v) is 7.40. The number of methoxy groups -OCH3 is 1. The maximum absolute atomic E-state index is 14.6. The number of ether oxygens (including phenoxy) is 1. The first-order chi connectivity index (χ1) is 18.0. The zero-order chi connectivity index (χ0) is 25.9. The summed E-state index contributed by atoms with van der Waals surface area (Å²) in [5.74, 6) is -0.108. The molecular formula is C30H35Cl2FN4O2. The van der Waals surface area contributed by atoms with Crippen molar-refractivity contribution in [1.82, 2.24) is 14.5 Å². The van der Waals surface area contributed by atoms with Crippen LogP contribution in [-0.2, 0) is 17.8 Å². The Morgan fingerprint density at radius 3 is 2.59 bits per heavy atom. The van der Waals surface area contributed by atoms with Crippen LogP contribution in [0.4, 0.5) is 4.39 Å². The zero-order valence-corrected chi connectivity index (χ0v) is 23.9. The Labute approximate surface area is 241 Å².